The number of benzene rings is 2. The molecule has 2 aromatic rings. The Hall–Kier alpha value is -2.62. The van der Waals surface area contributed by atoms with Crippen LogP contribution in [0.15, 0.2) is 48.5 Å². The van der Waals surface area contributed by atoms with E-state index >= 15 is 0 Å². The summed E-state index contributed by atoms with van der Waals surface area (Å²) >= 11 is 0. The molecule has 1 saturated heterocycles. The van der Waals surface area contributed by atoms with E-state index in [0.717, 1.165) is 17.7 Å². The van der Waals surface area contributed by atoms with Gasteiger partial charge in [0.2, 0.25) is 5.91 Å². The molecule has 118 valence electrons. The summed E-state index contributed by atoms with van der Waals surface area (Å²) in [5, 5.41) is 3.17. The molecule has 1 aliphatic rings. The van der Waals surface area contributed by atoms with E-state index in [4.69, 9.17) is 0 Å². The fraction of sp³-hybridized carbons (Fsp3) is 0.263. The summed E-state index contributed by atoms with van der Waals surface area (Å²) in [5.41, 5.74) is 3.83. The van der Waals surface area contributed by atoms with Crippen molar-refractivity contribution in [2.45, 2.75) is 32.7 Å². The van der Waals surface area contributed by atoms with Crippen LogP contribution in [0.2, 0.25) is 0 Å². The SMILES string of the molecule is CCc1ccc(NC2CC(=O)N(c3ccc(C)cc3)C2=O)cc1. The second kappa shape index (κ2) is 6.24. The predicted octanol–water partition coefficient (Wildman–Crippen LogP) is 3.30. The van der Waals surface area contributed by atoms with Gasteiger partial charge in [-0.25, -0.2) is 4.90 Å². The number of carbonyl (C=O) groups excluding carboxylic acids is 2. The van der Waals surface area contributed by atoms with Crippen molar-refractivity contribution in [2.24, 2.45) is 0 Å². The van der Waals surface area contributed by atoms with Gasteiger partial charge in [0.15, 0.2) is 0 Å². The summed E-state index contributed by atoms with van der Waals surface area (Å²) < 4.78 is 0. The Morgan fingerprint density at radius 2 is 1.70 bits per heavy atom. The molecule has 23 heavy (non-hydrogen) atoms. The van der Waals surface area contributed by atoms with Crippen molar-refractivity contribution in [3.8, 4) is 0 Å². The lowest BCUT2D eigenvalue weighted by molar-refractivity contribution is -0.121. The van der Waals surface area contributed by atoms with Crippen molar-refractivity contribution in [1.29, 1.82) is 0 Å². The minimum atomic E-state index is -0.503. The Balaban J connectivity index is 1.76. The highest BCUT2D eigenvalue weighted by molar-refractivity contribution is 6.23. The fourth-order valence-electron chi connectivity index (χ4n) is 2.75. The maximum absolute atomic E-state index is 12.6. The zero-order chi connectivity index (χ0) is 16.4. The van der Waals surface area contributed by atoms with Crippen LogP contribution < -0.4 is 10.2 Å². The summed E-state index contributed by atoms with van der Waals surface area (Å²) in [6.45, 7) is 4.07. The minimum Gasteiger partial charge on any atom is -0.373 e. The monoisotopic (exact) mass is 308 g/mol. The van der Waals surface area contributed by atoms with E-state index in [-0.39, 0.29) is 18.2 Å². The lowest BCUT2D eigenvalue weighted by Crippen LogP contribution is -2.34. The number of carbonyl (C=O) groups is 2. The van der Waals surface area contributed by atoms with Crippen LogP contribution in [0.25, 0.3) is 0 Å². The largest absolute Gasteiger partial charge is 0.373 e. The van der Waals surface area contributed by atoms with E-state index in [1.807, 2.05) is 55.5 Å². The van der Waals surface area contributed by atoms with Gasteiger partial charge in [-0.05, 0) is 43.2 Å². The normalized spacial score (nSPS) is 17.7. The van der Waals surface area contributed by atoms with Crippen molar-refractivity contribution in [3.05, 3.63) is 59.7 Å². The molecule has 0 bridgehead atoms. The lowest BCUT2D eigenvalue weighted by Gasteiger charge is -2.16. The maximum Gasteiger partial charge on any atom is 0.256 e. The number of amides is 2. The van der Waals surface area contributed by atoms with E-state index in [2.05, 4.69) is 12.2 Å². The molecule has 1 aliphatic heterocycles. The molecule has 0 aliphatic carbocycles. The van der Waals surface area contributed by atoms with Gasteiger partial charge in [-0.1, -0.05) is 36.8 Å². The molecule has 1 N–H and O–H groups in total. The number of nitrogens with one attached hydrogen (secondary N) is 1. The number of nitrogens with zero attached hydrogens (tertiary/aromatic N) is 1. The third kappa shape index (κ3) is 3.11. The molecule has 3 rings (SSSR count). The zero-order valence-electron chi connectivity index (χ0n) is 13.4. The van der Waals surface area contributed by atoms with Gasteiger partial charge in [0, 0.05) is 5.69 Å². The first-order valence-corrected chi connectivity index (χ1v) is 7.87. The van der Waals surface area contributed by atoms with Gasteiger partial charge in [-0.15, -0.1) is 0 Å². The molecule has 0 aromatic heterocycles. The topological polar surface area (TPSA) is 49.4 Å². The Morgan fingerprint density at radius 1 is 1.04 bits per heavy atom. The molecule has 0 radical (unpaired) electrons. The molecule has 1 atom stereocenters. The third-order valence-corrected chi connectivity index (χ3v) is 4.14. The summed E-state index contributed by atoms with van der Waals surface area (Å²) in [4.78, 5) is 26.1. The average molecular weight is 308 g/mol. The molecule has 0 saturated carbocycles. The van der Waals surface area contributed by atoms with Gasteiger partial charge in [0.25, 0.3) is 5.91 Å². The molecular weight excluding hydrogens is 288 g/mol. The van der Waals surface area contributed by atoms with Gasteiger partial charge in [0.1, 0.15) is 6.04 Å². The van der Waals surface area contributed by atoms with Crippen LogP contribution in [0.1, 0.15) is 24.5 Å². The Bertz CT molecular complexity index is 720. The smallest absolute Gasteiger partial charge is 0.256 e. The summed E-state index contributed by atoms with van der Waals surface area (Å²) in [6, 6.07) is 14.9. The van der Waals surface area contributed by atoms with Crippen LogP contribution in [0, 0.1) is 6.92 Å². The molecule has 1 unspecified atom stereocenters. The standard InChI is InChI=1S/C19H20N2O2/c1-3-14-6-8-15(9-7-14)20-17-12-18(22)21(19(17)23)16-10-4-13(2)5-11-16/h4-11,17,20H,3,12H2,1-2H3. The predicted molar refractivity (Wildman–Crippen MR) is 91.5 cm³/mol. The molecule has 0 spiro atoms. The minimum absolute atomic E-state index is 0.165. The van der Waals surface area contributed by atoms with Crippen LogP contribution >= 0.6 is 0 Å². The molecule has 1 heterocycles. The van der Waals surface area contributed by atoms with Crippen molar-refractivity contribution < 1.29 is 9.59 Å². The van der Waals surface area contributed by atoms with Crippen LogP contribution in [0.3, 0.4) is 0 Å². The summed E-state index contributed by atoms with van der Waals surface area (Å²) in [5.74, 6) is -0.361. The van der Waals surface area contributed by atoms with E-state index in [1.54, 1.807) is 0 Å². The van der Waals surface area contributed by atoms with Gasteiger partial charge in [-0.3, -0.25) is 9.59 Å². The van der Waals surface area contributed by atoms with Crippen LogP contribution in [0.5, 0.6) is 0 Å². The highest BCUT2D eigenvalue weighted by Gasteiger charge is 2.39. The highest BCUT2D eigenvalue weighted by Crippen LogP contribution is 2.25. The fourth-order valence-corrected chi connectivity index (χ4v) is 2.75. The first kappa shape index (κ1) is 15.3. The highest BCUT2D eigenvalue weighted by atomic mass is 16.2. The zero-order valence-corrected chi connectivity index (χ0v) is 13.4. The van der Waals surface area contributed by atoms with Gasteiger partial charge in [-0.2, -0.15) is 0 Å². The van der Waals surface area contributed by atoms with Gasteiger partial charge >= 0.3 is 0 Å². The number of rotatable bonds is 4. The Labute approximate surface area is 136 Å². The first-order valence-electron chi connectivity index (χ1n) is 7.87. The number of hydrogen-bond donors (Lipinski definition) is 1. The van der Waals surface area contributed by atoms with Gasteiger partial charge in [0.05, 0.1) is 12.1 Å². The van der Waals surface area contributed by atoms with E-state index in [0.29, 0.717) is 5.69 Å². The number of hydrogen-bond acceptors (Lipinski definition) is 3. The molecule has 2 aromatic carbocycles. The second-order valence-electron chi connectivity index (χ2n) is 5.85. The average Bonchev–Trinajstić information content (AvgIpc) is 2.83. The second-order valence-corrected chi connectivity index (χ2v) is 5.85. The summed E-state index contributed by atoms with van der Waals surface area (Å²) in [6.07, 6.45) is 1.16. The molecule has 4 nitrogen and oxygen atoms in total. The van der Waals surface area contributed by atoms with Crippen molar-refractivity contribution in [3.63, 3.8) is 0 Å². The van der Waals surface area contributed by atoms with Crippen LogP contribution in [0.4, 0.5) is 11.4 Å². The number of imide groups is 1. The van der Waals surface area contributed by atoms with E-state index < -0.39 is 6.04 Å². The van der Waals surface area contributed by atoms with Crippen molar-refractivity contribution >= 4 is 23.2 Å². The number of anilines is 2. The van der Waals surface area contributed by atoms with Crippen LogP contribution in [-0.4, -0.2) is 17.9 Å². The molecular formula is C19H20N2O2. The van der Waals surface area contributed by atoms with Crippen LogP contribution in [-0.2, 0) is 16.0 Å². The van der Waals surface area contributed by atoms with Crippen molar-refractivity contribution in [1.82, 2.24) is 0 Å². The molecule has 1 fully saturated rings. The molecule has 4 heteroatoms. The summed E-state index contributed by atoms with van der Waals surface area (Å²) in [7, 11) is 0. The molecule has 2 amide bonds. The quantitative estimate of drug-likeness (QED) is 0.882. The van der Waals surface area contributed by atoms with Crippen molar-refractivity contribution in [2.75, 3.05) is 10.2 Å². The number of aryl methyl sites for hydroxylation is 2. The van der Waals surface area contributed by atoms with E-state index in [1.165, 1.54) is 10.5 Å². The van der Waals surface area contributed by atoms with E-state index in [9.17, 15) is 9.59 Å². The first-order chi connectivity index (χ1) is 11.1. The lowest BCUT2D eigenvalue weighted by atomic mass is 10.1. The maximum atomic E-state index is 12.6. The Kier molecular flexibility index (Phi) is 4.15. The Morgan fingerprint density at radius 3 is 2.30 bits per heavy atom. The van der Waals surface area contributed by atoms with Gasteiger partial charge < -0.3 is 5.32 Å². The third-order valence-electron chi connectivity index (χ3n) is 4.14.